The lowest BCUT2D eigenvalue weighted by Crippen LogP contribution is -2.47. The molecule has 1 atom stereocenters. The van der Waals surface area contributed by atoms with Gasteiger partial charge in [0.15, 0.2) is 0 Å². The number of carbonyl (C=O) groups is 2. The Hall–Kier alpha value is -1.23. The summed E-state index contributed by atoms with van der Waals surface area (Å²) < 4.78 is 26.5. The van der Waals surface area contributed by atoms with Crippen molar-refractivity contribution in [2.75, 3.05) is 19.6 Å². The van der Waals surface area contributed by atoms with E-state index in [9.17, 15) is 18.0 Å². The van der Waals surface area contributed by atoms with E-state index >= 15 is 0 Å². The second-order valence-electron chi connectivity index (χ2n) is 3.17. The first-order valence-electron chi connectivity index (χ1n) is 4.71. The van der Waals surface area contributed by atoms with Crippen LogP contribution in [0.5, 0.6) is 0 Å². The lowest BCUT2D eigenvalue weighted by Gasteiger charge is -2.10. The van der Waals surface area contributed by atoms with Gasteiger partial charge in [-0.1, -0.05) is 0 Å². The Morgan fingerprint density at radius 2 is 1.88 bits per heavy atom. The number of carboxylic acid groups (broad SMARTS) is 1. The number of amides is 1. The molecule has 100 valence electrons. The number of carbonyl (C=O) groups excluding carboxylic acids is 1. The predicted octanol–water partition coefficient (Wildman–Crippen LogP) is -3.04. The van der Waals surface area contributed by atoms with Crippen LogP contribution in [0, 0.1) is 0 Å². The average molecular weight is 268 g/mol. The van der Waals surface area contributed by atoms with Gasteiger partial charge in [0, 0.05) is 26.6 Å². The second kappa shape index (κ2) is 7.17. The minimum absolute atomic E-state index is 0.00276. The quantitative estimate of drug-likeness (QED) is 0.295. The fraction of sp³-hybridized carbons (Fsp3) is 0.714. The van der Waals surface area contributed by atoms with Crippen molar-refractivity contribution in [2.45, 2.75) is 13.0 Å². The first-order valence-corrected chi connectivity index (χ1v) is 6.20. The monoisotopic (exact) mass is 268 g/mol. The molecule has 0 spiro atoms. The molecule has 0 aliphatic rings. The van der Waals surface area contributed by atoms with Crippen molar-refractivity contribution in [1.82, 2.24) is 14.8 Å². The highest BCUT2D eigenvalue weighted by atomic mass is 32.2. The van der Waals surface area contributed by atoms with Crippen LogP contribution in [-0.2, 0) is 19.8 Å². The van der Waals surface area contributed by atoms with E-state index in [2.05, 4.69) is 10.0 Å². The Bertz CT molecular complexity index is 368. The summed E-state index contributed by atoms with van der Waals surface area (Å²) in [6.45, 7) is 1.03. The van der Waals surface area contributed by atoms with Crippen molar-refractivity contribution in [2.24, 2.45) is 5.73 Å². The Kier molecular flexibility index (Phi) is 6.65. The molecule has 1 amide bonds. The fourth-order valence-electron chi connectivity index (χ4n) is 0.762. The Labute approximate surface area is 98.9 Å². The summed E-state index contributed by atoms with van der Waals surface area (Å²) >= 11 is 0. The summed E-state index contributed by atoms with van der Waals surface area (Å²) in [5, 5.41) is 10.8. The van der Waals surface area contributed by atoms with Crippen molar-refractivity contribution in [3.05, 3.63) is 0 Å². The molecule has 0 saturated heterocycles. The molecule has 0 heterocycles. The van der Waals surface area contributed by atoms with Gasteiger partial charge in [-0.15, -0.1) is 0 Å². The summed E-state index contributed by atoms with van der Waals surface area (Å²) in [6.07, 6.45) is 0. The molecule has 0 aromatic carbocycles. The third-order valence-corrected chi connectivity index (χ3v) is 2.73. The lowest BCUT2D eigenvalue weighted by molar-refractivity contribution is -0.138. The zero-order valence-electron chi connectivity index (χ0n) is 9.26. The SMILES string of the molecule is CC(=O)NCCNS(=O)(=O)NCC(N)C(=O)O. The number of aliphatic carboxylic acids is 1. The number of hydrogen-bond donors (Lipinski definition) is 5. The molecular formula is C7H16N4O5S. The normalized spacial score (nSPS) is 13.1. The van der Waals surface area contributed by atoms with E-state index in [0.717, 1.165) is 0 Å². The summed E-state index contributed by atoms with van der Waals surface area (Å²) in [4.78, 5) is 20.8. The zero-order valence-corrected chi connectivity index (χ0v) is 10.1. The maximum Gasteiger partial charge on any atom is 0.321 e. The maximum absolute atomic E-state index is 11.2. The van der Waals surface area contributed by atoms with E-state index in [0.29, 0.717) is 0 Å². The molecule has 0 aromatic heterocycles. The summed E-state index contributed by atoms with van der Waals surface area (Å²) in [6, 6.07) is -1.30. The minimum Gasteiger partial charge on any atom is -0.480 e. The van der Waals surface area contributed by atoms with Gasteiger partial charge in [-0.25, -0.2) is 9.44 Å². The molecule has 0 saturated carbocycles. The summed E-state index contributed by atoms with van der Waals surface area (Å²) in [5.41, 5.74) is 5.11. The molecule has 0 aromatic rings. The molecule has 0 rings (SSSR count). The molecule has 17 heavy (non-hydrogen) atoms. The molecule has 0 fully saturated rings. The fourth-order valence-corrected chi connectivity index (χ4v) is 1.63. The first kappa shape index (κ1) is 15.8. The van der Waals surface area contributed by atoms with Crippen molar-refractivity contribution >= 4 is 22.1 Å². The molecule has 1 unspecified atom stereocenters. The smallest absolute Gasteiger partial charge is 0.321 e. The van der Waals surface area contributed by atoms with Gasteiger partial charge < -0.3 is 16.2 Å². The van der Waals surface area contributed by atoms with Gasteiger partial charge in [-0.05, 0) is 0 Å². The van der Waals surface area contributed by atoms with Crippen LogP contribution in [0.2, 0.25) is 0 Å². The van der Waals surface area contributed by atoms with Crippen LogP contribution in [0.4, 0.5) is 0 Å². The number of rotatable bonds is 8. The zero-order chi connectivity index (χ0) is 13.5. The van der Waals surface area contributed by atoms with Crippen LogP contribution in [-0.4, -0.2) is 51.1 Å². The summed E-state index contributed by atoms with van der Waals surface area (Å²) in [7, 11) is -3.80. The van der Waals surface area contributed by atoms with E-state index in [-0.39, 0.29) is 19.0 Å². The van der Waals surface area contributed by atoms with Crippen molar-refractivity contribution in [3.8, 4) is 0 Å². The van der Waals surface area contributed by atoms with Crippen molar-refractivity contribution < 1.29 is 23.1 Å². The predicted molar refractivity (Wildman–Crippen MR) is 59.2 cm³/mol. The number of nitrogens with one attached hydrogen (secondary N) is 3. The van der Waals surface area contributed by atoms with E-state index < -0.39 is 28.8 Å². The van der Waals surface area contributed by atoms with E-state index in [1.165, 1.54) is 6.92 Å². The lowest BCUT2D eigenvalue weighted by atomic mass is 10.3. The van der Waals surface area contributed by atoms with Crippen LogP contribution in [0.3, 0.4) is 0 Å². The standard InChI is InChI=1S/C7H16N4O5S/c1-5(12)9-2-3-10-17(15,16)11-4-6(8)7(13)14/h6,10-11H,2-4,8H2,1H3,(H,9,12)(H,13,14). The molecule has 10 heteroatoms. The largest absolute Gasteiger partial charge is 0.480 e. The third kappa shape index (κ3) is 8.56. The highest BCUT2D eigenvalue weighted by molar-refractivity contribution is 7.87. The third-order valence-electron chi connectivity index (χ3n) is 1.60. The molecule has 0 bridgehead atoms. The average Bonchev–Trinajstić information content (AvgIpc) is 2.21. The van der Waals surface area contributed by atoms with E-state index in [1.807, 2.05) is 4.72 Å². The molecular weight excluding hydrogens is 252 g/mol. The second-order valence-corrected chi connectivity index (χ2v) is 4.76. The van der Waals surface area contributed by atoms with Crippen LogP contribution in [0.1, 0.15) is 6.92 Å². The number of carboxylic acids is 1. The van der Waals surface area contributed by atoms with E-state index in [4.69, 9.17) is 10.8 Å². The molecule has 0 aliphatic carbocycles. The minimum atomic E-state index is -3.80. The van der Waals surface area contributed by atoms with Gasteiger partial charge in [0.2, 0.25) is 5.91 Å². The van der Waals surface area contributed by atoms with Gasteiger partial charge in [-0.3, -0.25) is 9.59 Å². The first-order chi connectivity index (χ1) is 7.74. The molecule has 0 aliphatic heterocycles. The highest BCUT2D eigenvalue weighted by Gasteiger charge is 2.15. The maximum atomic E-state index is 11.2. The molecule has 0 radical (unpaired) electrons. The van der Waals surface area contributed by atoms with Crippen LogP contribution < -0.4 is 20.5 Å². The van der Waals surface area contributed by atoms with E-state index in [1.54, 1.807) is 0 Å². The van der Waals surface area contributed by atoms with Gasteiger partial charge in [-0.2, -0.15) is 8.42 Å². The molecule has 6 N–H and O–H groups in total. The Morgan fingerprint density at radius 1 is 1.29 bits per heavy atom. The highest BCUT2D eigenvalue weighted by Crippen LogP contribution is 1.80. The van der Waals surface area contributed by atoms with Gasteiger partial charge in [0.1, 0.15) is 6.04 Å². The Balaban J connectivity index is 3.88. The van der Waals surface area contributed by atoms with Gasteiger partial charge in [0.05, 0.1) is 0 Å². The van der Waals surface area contributed by atoms with Crippen LogP contribution in [0.25, 0.3) is 0 Å². The van der Waals surface area contributed by atoms with Crippen molar-refractivity contribution in [3.63, 3.8) is 0 Å². The summed E-state index contributed by atoms with van der Waals surface area (Å²) in [5.74, 6) is -1.57. The van der Waals surface area contributed by atoms with Crippen molar-refractivity contribution in [1.29, 1.82) is 0 Å². The Morgan fingerprint density at radius 3 is 2.35 bits per heavy atom. The number of nitrogens with two attached hydrogens (primary N) is 1. The number of hydrogen-bond acceptors (Lipinski definition) is 5. The topological polar surface area (TPSA) is 151 Å². The molecule has 9 nitrogen and oxygen atoms in total. The van der Waals surface area contributed by atoms with Crippen LogP contribution in [0.15, 0.2) is 0 Å². The van der Waals surface area contributed by atoms with Gasteiger partial charge in [0.25, 0.3) is 10.2 Å². The van der Waals surface area contributed by atoms with Crippen LogP contribution >= 0.6 is 0 Å². The van der Waals surface area contributed by atoms with Gasteiger partial charge >= 0.3 is 5.97 Å².